The molecule has 10 heteroatoms. The van der Waals surface area contributed by atoms with Crippen LogP contribution >= 0.6 is 0 Å². The van der Waals surface area contributed by atoms with Gasteiger partial charge in [0.05, 0.1) is 23.1 Å². The van der Waals surface area contributed by atoms with Gasteiger partial charge in [-0.25, -0.2) is 17.9 Å². The van der Waals surface area contributed by atoms with Crippen LogP contribution in [0.2, 0.25) is 0 Å². The van der Waals surface area contributed by atoms with E-state index in [-0.39, 0.29) is 5.92 Å². The summed E-state index contributed by atoms with van der Waals surface area (Å²) in [5.74, 6) is -1.25. The van der Waals surface area contributed by atoms with Gasteiger partial charge in [-0.1, -0.05) is 12.8 Å². The van der Waals surface area contributed by atoms with Crippen molar-refractivity contribution in [1.29, 1.82) is 0 Å². The Balaban J connectivity index is 2.39. The summed E-state index contributed by atoms with van der Waals surface area (Å²) < 4.78 is 71.7. The number of rotatable bonds is 5. The highest BCUT2D eigenvalue weighted by atomic mass is 32.2. The van der Waals surface area contributed by atoms with Gasteiger partial charge in [-0.2, -0.15) is 13.2 Å². The average molecular weight is 394 g/mol. The standard InChI is InChI=1S/C16H21F3N2O4S/c1-25-15(22)12-7-6-11(8-13(12)16(17,18)19)26(23,24)21-14-5-3-2-4-10(14)9-20/h6-8,10,14,21H,2-5,9,20H2,1H3. The summed E-state index contributed by atoms with van der Waals surface area (Å²) in [6.07, 6.45) is -1.81. The van der Waals surface area contributed by atoms with Crippen LogP contribution in [0.25, 0.3) is 0 Å². The third-order valence-corrected chi connectivity index (χ3v) is 6.02. The molecule has 2 atom stereocenters. The number of esters is 1. The lowest BCUT2D eigenvalue weighted by molar-refractivity contribution is -0.138. The summed E-state index contributed by atoms with van der Waals surface area (Å²) in [4.78, 5) is 11.0. The number of halogens is 3. The SMILES string of the molecule is COC(=O)c1ccc(S(=O)(=O)NC2CCCCC2CN)cc1C(F)(F)F. The fourth-order valence-corrected chi connectivity index (χ4v) is 4.49. The number of alkyl halides is 3. The van der Waals surface area contributed by atoms with Gasteiger partial charge >= 0.3 is 12.1 Å². The van der Waals surface area contributed by atoms with Gasteiger partial charge in [-0.05, 0) is 43.5 Å². The van der Waals surface area contributed by atoms with E-state index < -0.39 is 44.2 Å². The molecule has 1 aliphatic carbocycles. The Bertz CT molecular complexity index is 765. The molecule has 1 saturated carbocycles. The summed E-state index contributed by atoms with van der Waals surface area (Å²) >= 11 is 0. The summed E-state index contributed by atoms with van der Waals surface area (Å²) in [5, 5.41) is 0. The zero-order valence-corrected chi connectivity index (χ0v) is 15.0. The van der Waals surface area contributed by atoms with Crippen LogP contribution in [0.5, 0.6) is 0 Å². The molecule has 0 spiro atoms. The Morgan fingerprint density at radius 1 is 1.31 bits per heavy atom. The van der Waals surface area contributed by atoms with E-state index in [1.54, 1.807) is 0 Å². The van der Waals surface area contributed by atoms with E-state index in [0.29, 0.717) is 19.0 Å². The molecule has 3 N–H and O–H groups in total. The highest BCUT2D eigenvalue weighted by molar-refractivity contribution is 7.89. The molecule has 2 unspecified atom stereocenters. The zero-order chi connectivity index (χ0) is 19.5. The molecule has 0 aromatic heterocycles. The van der Waals surface area contributed by atoms with Crippen molar-refractivity contribution in [1.82, 2.24) is 4.72 Å². The van der Waals surface area contributed by atoms with Gasteiger partial charge in [0, 0.05) is 6.04 Å². The van der Waals surface area contributed by atoms with Gasteiger partial charge in [0.15, 0.2) is 0 Å². The number of methoxy groups -OCH3 is 1. The first kappa shape index (κ1) is 20.7. The van der Waals surface area contributed by atoms with Crippen LogP contribution in [0.3, 0.4) is 0 Å². The van der Waals surface area contributed by atoms with Crippen LogP contribution in [0.1, 0.15) is 41.6 Å². The third kappa shape index (κ3) is 4.54. The fraction of sp³-hybridized carbons (Fsp3) is 0.562. The van der Waals surface area contributed by atoms with Crippen LogP contribution < -0.4 is 10.5 Å². The van der Waals surface area contributed by atoms with E-state index in [1.165, 1.54) is 0 Å². The van der Waals surface area contributed by atoms with Crippen LogP contribution in [0, 0.1) is 5.92 Å². The molecule has 2 rings (SSSR count). The Labute approximate surface area is 149 Å². The number of benzene rings is 1. The maximum absolute atomic E-state index is 13.2. The van der Waals surface area contributed by atoms with E-state index in [2.05, 4.69) is 9.46 Å². The van der Waals surface area contributed by atoms with Gasteiger partial charge in [0.2, 0.25) is 10.0 Å². The minimum atomic E-state index is -4.90. The van der Waals surface area contributed by atoms with E-state index in [1.807, 2.05) is 0 Å². The Hall–Kier alpha value is -1.65. The van der Waals surface area contributed by atoms with Gasteiger partial charge < -0.3 is 10.5 Å². The Morgan fingerprint density at radius 2 is 1.96 bits per heavy atom. The molecule has 0 heterocycles. The summed E-state index contributed by atoms with van der Waals surface area (Å²) in [7, 11) is -3.24. The lowest BCUT2D eigenvalue weighted by Crippen LogP contribution is -2.44. The third-order valence-electron chi connectivity index (χ3n) is 4.53. The fourth-order valence-electron chi connectivity index (χ4n) is 3.13. The highest BCUT2D eigenvalue weighted by Crippen LogP contribution is 2.34. The maximum Gasteiger partial charge on any atom is 0.417 e. The van der Waals surface area contributed by atoms with E-state index in [4.69, 9.17) is 5.73 Å². The molecule has 26 heavy (non-hydrogen) atoms. The molecule has 1 aromatic rings. The molecule has 1 aromatic carbocycles. The van der Waals surface area contributed by atoms with Crippen molar-refractivity contribution >= 4 is 16.0 Å². The summed E-state index contributed by atoms with van der Waals surface area (Å²) in [6, 6.07) is 1.80. The first-order valence-corrected chi connectivity index (χ1v) is 9.60. The van der Waals surface area contributed by atoms with Crippen molar-refractivity contribution in [2.24, 2.45) is 11.7 Å². The molecule has 0 amide bonds. The molecule has 0 aliphatic heterocycles. The average Bonchev–Trinajstić information content (AvgIpc) is 2.60. The Kier molecular flexibility index (Phi) is 6.30. The van der Waals surface area contributed by atoms with Crippen LogP contribution in [0.15, 0.2) is 23.1 Å². The van der Waals surface area contributed by atoms with Gasteiger partial charge in [-0.15, -0.1) is 0 Å². The normalized spacial score (nSPS) is 21.4. The highest BCUT2D eigenvalue weighted by Gasteiger charge is 2.37. The zero-order valence-electron chi connectivity index (χ0n) is 14.2. The van der Waals surface area contributed by atoms with Crippen LogP contribution in [0.4, 0.5) is 13.2 Å². The quantitative estimate of drug-likeness (QED) is 0.747. The maximum atomic E-state index is 13.2. The minimum Gasteiger partial charge on any atom is -0.465 e. The number of hydrogen-bond donors (Lipinski definition) is 2. The largest absolute Gasteiger partial charge is 0.465 e. The predicted octanol–water partition coefficient (Wildman–Crippen LogP) is 2.29. The second-order valence-corrected chi connectivity index (χ2v) is 7.92. The smallest absolute Gasteiger partial charge is 0.417 e. The van der Waals surface area contributed by atoms with Gasteiger partial charge in [-0.3, -0.25) is 0 Å². The van der Waals surface area contributed by atoms with Gasteiger partial charge in [0.25, 0.3) is 0 Å². The van der Waals surface area contributed by atoms with Crippen molar-refractivity contribution in [2.75, 3.05) is 13.7 Å². The first-order valence-electron chi connectivity index (χ1n) is 8.12. The number of carbonyl (C=O) groups is 1. The summed E-state index contributed by atoms with van der Waals surface area (Å²) in [6.45, 7) is 0.294. The first-order chi connectivity index (χ1) is 12.1. The number of carbonyl (C=O) groups excluding carboxylic acids is 1. The molecule has 146 valence electrons. The Morgan fingerprint density at radius 3 is 2.54 bits per heavy atom. The van der Waals surface area contributed by atoms with Gasteiger partial charge in [0.1, 0.15) is 0 Å². The molecular formula is C16H21F3N2O4S. The molecule has 0 radical (unpaired) electrons. The van der Waals surface area contributed by atoms with E-state index in [9.17, 15) is 26.4 Å². The van der Waals surface area contributed by atoms with E-state index >= 15 is 0 Å². The molecule has 0 saturated heterocycles. The number of nitrogens with one attached hydrogen (secondary N) is 1. The lowest BCUT2D eigenvalue weighted by atomic mass is 9.85. The summed E-state index contributed by atoms with van der Waals surface area (Å²) in [5.41, 5.74) is 3.57. The molecular weight excluding hydrogens is 373 g/mol. The molecule has 1 aliphatic rings. The van der Waals surface area contributed by atoms with Crippen molar-refractivity contribution in [2.45, 2.75) is 42.8 Å². The van der Waals surface area contributed by atoms with Crippen LogP contribution in [-0.4, -0.2) is 34.1 Å². The minimum absolute atomic E-state index is 0.0602. The van der Waals surface area contributed by atoms with Crippen molar-refractivity contribution in [3.63, 3.8) is 0 Å². The van der Waals surface area contributed by atoms with Crippen molar-refractivity contribution in [3.8, 4) is 0 Å². The van der Waals surface area contributed by atoms with Crippen molar-refractivity contribution in [3.05, 3.63) is 29.3 Å². The second kappa shape index (κ2) is 7.93. The lowest BCUT2D eigenvalue weighted by Gasteiger charge is -2.31. The number of hydrogen-bond acceptors (Lipinski definition) is 5. The topological polar surface area (TPSA) is 98.5 Å². The molecule has 0 bridgehead atoms. The van der Waals surface area contributed by atoms with Crippen LogP contribution in [-0.2, 0) is 20.9 Å². The number of nitrogens with two attached hydrogens (primary N) is 1. The molecule has 1 fully saturated rings. The van der Waals surface area contributed by atoms with Crippen molar-refractivity contribution < 1.29 is 31.1 Å². The number of sulfonamides is 1. The second-order valence-electron chi connectivity index (χ2n) is 6.20. The van der Waals surface area contributed by atoms with E-state index in [0.717, 1.165) is 38.5 Å². The molecule has 6 nitrogen and oxygen atoms in total. The number of ether oxygens (including phenoxy) is 1. The predicted molar refractivity (Wildman–Crippen MR) is 87.9 cm³/mol. The monoisotopic (exact) mass is 394 g/mol.